The van der Waals surface area contributed by atoms with Gasteiger partial charge in [0.05, 0.1) is 11.1 Å². The average molecular weight is 208 g/mol. The van der Waals surface area contributed by atoms with Crippen molar-refractivity contribution in [3.63, 3.8) is 0 Å². The van der Waals surface area contributed by atoms with E-state index in [2.05, 4.69) is 12.6 Å². The number of nitrogens with two attached hydrogens (primary N) is 1. The van der Waals surface area contributed by atoms with Gasteiger partial charge in [-0.3, -0.25) is 0 Å². The molecule has 3 N–H and O–H groups in total. The van der Waals surface area contributed by atoms with E-state index in [1.54, 1.807) is 0 Å². The number of nitrogens with zero attached hydrogens (tertiary/aromatic N) is 1. The van der Waals surface area contributed by atoms with Crippen LogP contribution in [0.4, 0.5) is 0 Å². The van der Waals surface area contributed by atoms with Crippen LogP contribution in [0.1, 0.15) is 21.5 Å². The number of carbonyl (C=O) groups is 1. The minimum atomic E-state index is -1.12. The molecule has 0 amide bonds. The molecule has 5 heteroatoms. The molecule has 0 saturated heterocycles. The zero-order chi connectivity index (χ0) is 10.7. The fraction of sp³-hybridized carbons (Fsp3) is 0.111. The average Bonchev–Trinajstić information content (AvgIpc) is 2.16. The van der Waals surface area contributed by atoms with Crippen LogP contribution in [-0.4, -0.2) is 11.1 Å². The van der Waals surface area contributed by atoms with Gasteiger partial charge in [-0.15, -0.1) is 12.6 Å². The molecule has 1 aromatic carbocycles. The monoisotopic (exact) mass is 208 g/mol. The molecule has 0 aliphatic rings. The van der Waals surface area contributed by atoms with Gasteiger partial charge in [0, 0.05) is 11.4 Å². The smallest absolute Gasteiger partial charge is 0.337 e. The molecule has 0 heterocycles. The maximum atomic E-state index is 10.9. The van der Waals surface area contributed by atoms with Gasteiger partial charge in [-0.2, -0.15) is 5.26 Å². The van der Waals surface area contributed by atoms with Crippen molar-refractivity contribution in [1.82, 2.24) is 0 Å². The summed E-state index contributed by atoms with van der Waals surface area (Å²) >= 11 is 4.00. The molecule has 0 bridgehead atoms. The predicted molar refractivity (Wildman–Crippen MR) is 53.3 cm³/mol. The van der Waals surface area contributed by atoms with Gasteiger partial charge in [-0.1, -0.05) is 6.07 Å². The number of benzene rings is 1. The molecule has 1 rings (SSSR count). The standard InChI is InChI=1S/C9H8N2O2S/c10-3-5-1-2-6(4-11)8(14)7(5)9(12)13/h1-2,14H,3,10H2,(H,12,13). The number of aromatic carboxylic acids is 1. The second-order valence-corrected chi connectivity index (χ2v) is 3.06. The van der Waals surface area contributed by atoms with E-state index in [-0.39, 0.29) is 22.6 Å². The summed E-state index contributed by atoms with van der Waals surface area (Å²) in [6, 6.07) is 4.90. The van der Waals surface area contributed by atoms with Crippen LogP contribution >= 0.6 is 12.6 Å². The summed E-state index contributed by atoms with van der Waals surface area (Å²) in [5, 5.41) is 17.5. The molecule has 0 saturated carbocycles. The van der Waals surface area contributed by atoms with Gasteiger partial charge in [-0.05, 0) is 11.6 Å². The Balaban J connectivity index is 3.49. The van der Waals surface area contributed by atoms with E-state index < -0.39 is 5.97 Å². The Hall–Kier alpha value is -1.51. The molecule has 4 nitrogen and oxygen atoms in total. The normalized spacial score (nSPS) is 9.50. The summed E-state index contributed by atoms with van der Waals surface area (Å²) in [7, 11) is 0. The summed E-state index contributed by atoms with van der Waals surface area (Å²) in [6.45, 7) is 0.112. The van der Waals surface area contributed by atoms with Gasteiger partial charge in [0.1, 0.15) is 6.07 Å². The fourth-order valence-electron chi connectivity index (χ4n) is 1.13. The number of nitriles is 1. The lowest BCUT2D eigenvalue weighted by Gasteiger charge is -2.07. The van der Waals surface area contributed by atoms with Crippen molar-refractivity contribution in [3.8, 4) is 6.07 Å². The van der Waals surface area contributed by atoms with Gasteiger partial charge < -0.3 is 10.8 Å². The fourth-order valence-corrected chi connectivity index (χ4v) is 1.50. The van der Waals surface area contributed by atoms with E-state index in [4.69, 9.17) is 16.1 Å². The van der Waals surface area contributed by atoms with Crippen LogP contribution in [-0.2, 0) is 6.54 Å². The molecular formula is C9H8N2O2S. The third-order valence-electron chi connectivity index (χ3n) is 1.82. The summed E-state index contributed by atoms with van der Waals surface area (Å²) in [5.41, 5.74) is 6.09. The maximum absolute atomic E-state index is 10.9. The largest absolute Gasteiger partial charge is 0.478 e. The predicted octanol–water partition coefficient (Wildman–Crippen LogP) is 1.00. The van der Waals surface area contributed by atoms with Crippen LogP contribution in [0.5, 0.6) is 0 Å². The van der Waals surface area contributed by atoms with E-state index in [1.807, 2.05) is 6.07 Å². The summed E-state index contributed by atoms with van der Waals surface area (Å²) < 4.78 is 0. The molecule has 0 unspecified atom stereocenters. The number of carboxylic acids is 1. The number of thiol groups is 1. The zero-order valence-electron chi connectivity index (χ0n) is 7.19. The molecular weight excluding hydrogens is 200 g/mol. The van der Waals surface area contributed by atoms with Crippen LogP contribution in [0.15, 0.2) is 17.0 Å². The molecule has 0 aromatic heterocycles. The molecule has 0 aliphatic heterocycles. The highest BCUT2D eigenvalue weighted by molar-refractivity contribution is 7.80. The molecule has 0 aliphatic carbocycles. The minimum Gasteiger partial charge on any atom is -0.478 e. The van der Waals surface area contributed by atoms with E-state index in [0.717, 1.165) is 0 Å². The molecule has 72 valence electrons. The summed E-state index contributed by atoms with van der Waals surface area (Å²) in [4.78, 5) is 11.0. The van der Waals surface area contributed by atoms with Crippen LogP contribution in [0.25, 0.3) is 0 Å². The molecule has 0 spiro atoms. The number of carboxylic acid groups (broad SMARTS) is 1. The Morgan fingerprint density at radius 1 is 1.64 bits per heavy atom. The van der Waals surface area contributed by atoms with Crippen LogP contribution in [0.2, 0.25) is 0 Å². The maximum Gasteiger partial charge on any atom is 0.337 e. The van der Waals surface area contributed by atoms with Crippen molar-refractivity contribution in [2.45, 2.75) is 11.4 Å². The summed E-state index contributed by atoms with van der Waals surface area (Å²) in [5.74, 6) is -1.12. The molecule has 1 aromatic rings. The lowest BCUT2D eigenvalue weighted by atomic mass is 10.0. The van der Waals surface area contributed by atoms with Gasteiger partial charge in [0.25, 0.3) is 0 Å². The topological polar surface area (TPSA) is 87.1 Å². The Morgan fingerprint density at radius 3 is 2.71 bits per heavy atom. The van der Waals surface area contributed by atoms with Crippen LogP contribution in [0.3, 0.4) is 0 Å². The van der Waals surface area contributed by atoms with E-state index in [9.17, 15) is 4.79 Å². The highest BCUT2D eigenvalue weighted by atomic mass is 32.1. The summed E-state index contributed by atoms with van der Waals surface area (Å²) in [6.07, 6.45) is 0. The van der Waals surface area contributed by atoms with Crippen molar-refractivity contribution in [2.24, 2.45) is 5.73 Å². The third kappa shape index (κ3) is 1.71. The SMILES string of the molecule is N#Cc1ccc(CN)c(C(=O)O)c1S. The van der Waals surface area contributed by atoms with Gasteiger partial charge in [0.15, 0.2) is 0 Å². The van der Waals surface area contributed by atoms with Crippen LogP contribution < -0.4 is 5.73 Å². The van der Waals surface area contributed by atoms with Crippen molar-refractivity contribution in [3.05, 3.63) is 28.8 Å². The molecule has 0 fully saturated rings. The second-order valence-electron chi connectivity index (χ2n) is 2.62. The quantitative estimate of drug-likeness (QED) is 0.633. The first-order valence-corrected chi connectivity index (χ1v) is 4.24. The molecule has 0 radical (unpaired) electrons. The molecule has 0 atom stereocenters. The van der Waals surface area contributed by atoms with E-state index in [1.165, 1.54) is 12.1 Å². The minimum absolute atomic E-state index is 0.00915. The lowest BCUT2D eigenvalue weighted by Crippen LogP contribution is -2.08. The van der Waals surface area contributed by atoms with E-state index >= 15 is 0 Å². The Morgan fingerprint density at radius 2 is 2.29 bits per heavy atom. The Labute approximate surface area is 86.4 Å². The number of hydrogen-bond acceptors (Lipinski definition) is 4. The van der Waals surface area contributed by atoms with Gasteiger partial charge in [-0.25, -0.2) is 4.79 Å². The molecule has 14 heavy (non-hydrogen) atoms. The van der Waals surface area contributed by atoms with Crippen molar-refractivity contribution in [2.75, 3.05) is 0 Å². The Kier molecular flexibility index (Phi) is 3.12. The van der Waals surface area contributed by atoms with Crippen molar-refractivity contribution >= 4 is 18.6 Å². The Bertz CT molecular complexity index is 424. The first-order valence-electron chi connectivity index (χ1n) is 3.80. The van der Waals surface area contributed by atoms with E-state index in [0.29, 0.717) is 5.56 Å². The van der Waals surface area contributed by atoms with Gasteiger partial charge >= 0.3 is 5.97 Å². The number of rotatable bonds is 2. The van der Waals surface area contributed by atoms with Crippen LogP contribution in [0, 0.1) is 11.3 Å². The third-order valence-corrected chi connectivity index (χ3v) is 2.28. The number of hydrogen-bond donors (Lipinski definition) is 3. The first kappa shape index (κ1) is 10.6. The van der Waals surface area contributed by atoms with Gasteiger partial charge in [0.2, 0.25) is 0 Å². The highest BCUT2D eigenvalue weighted by Crippen LogP contribution is 2.22. The van der Waals surface area contributed by atoms with Crippen molar-refractivity contribution in [1.29, 1.82) is 5.26 Å². The zero-order valence-corrected chi connectivity index (χ0v) is 8.08. The lowest BCUT2D eigenvalue weighted by molar-refractivity contribution is 0.0692. The highest BCUT2D eigenvalue weighted by Gasteiger charge is 2.15. The second kappa shape index (κ2) is 4.13. The van der Waals surface area contributed by atoms with Crippen molar-refractivity contribution < 1.29 is 9.90 Å². The first-order chi connectivity index (χ1) is 6.61.